The van der Waals surface area contributed by atoms with Gasteiger partial charge in [-0.25, -0.2) is 0 Å². The Hall–Kier alpha value is -0.410. The predicted octanol–water partition coefficient (Wildman–Crippen LogP) is 1.45. The van der Waals surface area contributed by atoms with Crippen molar-refractivity contribution in [2.75, 3.05) is 20.1 Å². The molecule has 1 N–H and O–H groups in total. The number of carbonyl (C=O) groups excluding carboxylic acids is 1. The van der Waals surface area contributed by atoms with E-state index in [9.17, 15) is 9.90 Å². The van der Waals surface area contributed by atoms with E-state index in [2.05, 4.69) is 4.90 Å². The van der Waals surface area contributed by atoms with E-state index in [1.165, 1.54) is 6.42 Å². The number of Topliss-reactive ketones (excluding diaryl/α,β-unsaturated/α-hetero) is 1. The lowest BCUT2D eigenvalue weighted by molar-refractivity contribution is -0.125. The Labute approximate surface area is 92.5 Å². The van der Waals surface area contributed by atoms with Gasteiger partial charge in [-0.2, -0.15) is 0 Å². The van der Waals surface area contributed by atoms with Crippen LogP contribution in [-0.2, 0) is 4.79 Å². The van der Waals surface area contributed by atoms with Gasteiger partial charge in [0.2, 0.25) is 0 Å². The molecule has 0 aromatic heterocycles. The molecule has 3 nitrogen and oxygen atoms in total. The third-order valence-electron chi connectivity index (χ3n) is 2.87. The number of hydrogen-bond donors (Lipinski definition) is 1. The molecule has 1 fully saturated rings. The molecule has 0 aliphatic heterocycles. The van der Waals surface area contributed by atoms with Gasteiger partial charge in [-0.1, -0.05) is 6.42 Å². The molecule has 1 unspecified atom stereocenters. The highest BCUT2D eigenvalue weighted by molar-refractivity contribution is 5.81. The maximum Gasteiger partial charge on any atom is 0.137 e. The quantitative estimate of drug-likeness (QED) is 0.768. The summed E-state index contributed by atoms with van der Waals surface area (Å²) in [5, 5.41) is 9.66. The molecule has 0 bridgehead atoms. The first kappa shape index (κ1) is 12.7. The van der Waals surface area contributed by atoms with Crippen LogP contribution in [0.5, 0.6) is 0 Å². The predicted molar refractivity (Wildman–Crippen MR) is 60.8 cm³/mol. The lowest BCUT2D eigenvalue weighted by atomic mass is 9.87. The van der Waals surface area contributed by atoms with Crippen molar-refractivity contribution in [3.8, 4) is 0 Å². The Balaban J connectivity index is 2.36. The molecule has 0 heterocycles. The minimum Gasteiger partial charge on any atom is -0.389 e. The van der Waals surface area contributed by atoms with Gasteiger partial charge in [0.05, 0.1) is 5.60 Å². The monoisotopic (exact) mass is 213 g/mol. The van der Waals surface area contributed by atoms with Gasteiger partial charge in [-0.05, 0) is 33.7 Å². The van der Waals surface area contributed by atoms with E-state index >= 15 is 0 Å². The highest BCUT2D eigenvalue weighted by Crippen LogP contribution is 2.21. The SMILES string of the molecule is CN(CC1CCCCC1=O)CC(C)(C)O. The second-order valence-corrected chi connectivity index (χ2v) is 5.42. The van der Waals surface area contributed by atoms with Gasteiger partial charge >= 0.3 is 0 Å². The molecule has 1 aliphatic rings. The van der Waals surface area contributed by atoms with Gasteiger partial charge < -0.3 is 10.0 Å². The number of nitrogens with zero attached hydrogens (tertiary/aromatic N) is 1. The molecule has 0 radical (unpaired) electrons. The second kappa shape index (κ2) is 5.08. The molecule has 1 rings (SSSR count). The van der Waals surface area contributed by atoms with Crippen molar-refractivity contribution in [1.29, 1.82) is 0 Å². The molecular weight excluding hydrogens is 190 g/mol. The normalized spacial score (nSPS) is 23.5. The van der Waals surface area contributed by atoms with E-state index in [4.69, 9.17) is 0 Å². The number of likely N-dealkylation sites (N-methyl/N-ethyl adjacent to an activating group) is 1. The molecule has 88 valence electrons. The molecule has 1 atom stereocenters. The minimum absolute atomic E-state index is 0.200. The maximum atomic E-state index is 11.6. The largest absolute Gasteiger partial charge is 0.389 e. The summed E-state index contributed by atoms with van der Waals surface area (Å²) in [5.74, 6) is 0.606. The van der Waals surface area contributed by atoms with Gasteiger partial charge in [0, 0.05) is 25.4 Å². The van der Waals surface area contributed by atoms with Crippen molar-refractivity contribution < 1.29 is 9.90 Å². The maximum absolute atomic E-state index is 11.6. The lowest BCUT2D eigenvalue weighted by Crippen LogP contribution is -2.40. The smallest absolute Gasteiger partial charge is 0.137 e. The highest BCUT2D eigenvalue weighted by atomic mass is 16.3. The minimum atomic E-state index is -0.674. The zero-order valence-corrected chi connectivity index (χ0v) is 10.1. The van der Waals surface area contributed by atoms with E-state index < -0.39 is 5.60 Å². The molecule has 0 aromatic rings. The summed E-state index contributed by atoms with van der Waals surface area (Å²) in [6.45, 7) is 5.01. The van der Waals surface area contributed by atoms with Crippen LogP contribution in [0.15, 0.2) is 0 Å². The fourth-order valence-corrected chi connectivity index (χ4v) is 2.35. The fraction of sp³-hybridized carbons (Fsp3) is 0.917. The van der Waals surface area contributed by atoms with Crippen LogP contribution < -0.4 is 0 Å². The van der Waals surface area contributed by atoms with Crippen molar-refractivity contribution in [2.24, 2.45) is 5.92 Å². The Morgan fingerprint density at radius 3 is 2.67 bits per heavy atom. The van der Waals surface area contributed by atoms with Gasteiger partial charge in [-0.15, -0.1) is 0 Å². The Morgan fingerprint density at radius 2 is 2.13 bits per heavy atom. The number of aliphatic hydroxyl groups is 1. The average molecular weight is 213 g/mol. The third kappa shape index (κ3) is 4.76. The van der Waals surface area contributed by atoms with Crippen LogP contribution in [0.2, 0.25) is 0 Å². The summed E-state index contributed by atoms with van der Waals surface area (Å²) >= 11 is 0. The van der Waals surface area contributed by atoms with Crippen LogP contribution in [0.4, 0.5) is 0 Å². The van der Waals surface area contributed by atoms with E-state index in [0.717, 1.165) is 25.8 Å². The van der Waals surface area contributed by atoms with Crippen LogP contribution in [0.3, 0.4) is 0 Å². The number of carbonyl (C=O) groups is 1. The third-order valence-corrected chi connectivity index (χ3v) is 2.87. The van der Waals surface area contributed by atoms with Gasteiger partial charge in [0.15, 0.2) is 0 Å². The highest BCUT2D eigenvalue weighted by Gasteiger charge is 2.25. The van der Waals surface area contributed by atoms with Crippen LogP contribution in [0.25, 0.3) is 0 Å². The topological polar surface area (TPSA) is 40.5 Å². The summed E-state index contributed by atoms with van der Waals surface area (Å²) in [4.78, 5) is 13.7. The first-order chi connectivity index (χ1) is 6.88. The summed E-state index contributed by atoms with van der Waals surface area (Å²) in [7, 11) is 1.97. The first-order valence-electron chi connectivity index (χ1n) is 5.82. The summed E-state index contributed by atoms with van der Waals surface area (Å²) < 4.78 is 0. The molecule has 0 amide bonds. The lowest BCUT2D eigenvalue weighted by Gasteiger charge is -2.29. The van der Waals surface area contributed by atoms with E-state index in [1.807, 2.05) is 7.05 Å². The number of ketones is 1. The molecule has 0 saturated heterocycles. The first-order valence-corrected chi connectivity index (χ1v) is 5.82. The van der Waals surface area contributed by atoms with Crippen molar-refractivity contribution in [3.63, 3.8) is 0 Å². The average Bonchev–Trinajstić information content (AvgIpc) is 2.05. The fourth-order valence-electron chi connectivity index (χ4n) is 2.35. The van der Waals surface area contributed by atoms with Crippen LogP contribution in [0.1, 0.15) is 39.5 Å². The summed E-state index contributed by atoms with van der Waals surface area (Å²) in [6, 6.07) is 0. The van der Waals surface area contributed by atoms with E-state index in [-0.39, 0.29) is 5.92 Å². The molecule has 1 saturated carbocycles. The van der Waals surface area contributed by atoms with Crippen LogP contribution in [-0.4, -0.2) is 41.5 Å². The van der Waals surface area contributed by atoms with E-state index in [0.29, 0.717) is 12.3 Å². The zero-order valence-electron chi connectivity index (χ0n) is 10.1. The van der Waals surface area contributed by atoms with Crippen molar-refractivity contribution in [2.45, 2.75) is 45.1 Å². The van der Waals surface area contributed by atoms with Crippen LogP contribution >= 0.6 is 0 Å². The standard InChI is InChI=1S/C12H23NO2/c1-12(2,15)9-13(3)8-10-6-4-5-7-11(10)14/h10,15H,4-9H2,1-3H3. The molecule has 1 aliphatic carbocycles. The molecule has 0 spiro atoms. The Morgan fingerprint density at radius 1 is 1.47 bits per heavy atom. The number of rotatable bonds is 4. The van der Waals surface area contributed by atoms with Crippen molar-refractivity contribution in [1.82, 2.24) is 4.90 Å². The van der Waals surface area contributed by atoms with Gasteiger partial charge in [0.25, 0.3) is 0 Å². The Kier molecular flexibility index (Phi) is 4.29. The summed E-state index contributed by atoms with van der Waals surface area (Å²) in [6.07, 6.45) is 4.01. The molecule has 15 heavy (non-hydrogen) atoms. The van der Waals surface area contributed by atoms with Gasteiger partial charge in [-0.3, -0.25) is 4.79 Å². The Bertz CT molecular complexity index is 220. The number of hydrogen-bond acceptors (Lipinski definition) is 3. The second-order valence-electron chi connectivity index (χ2n) is 5.42. The molecule has 3 heteroatoms. The van der Waals surface area contributed by atoms with Crippen molar-refractivity contribution in [3.05, 3.63) is 0 Å². The summed E-state index contributed by atoms with van der Waals surface area (Å²) in [5.41, 5.74) is -0.674. The molecular formula is C12H23NO2. The molecule has 0 aromatic carbocycles. The van der Waals surface area contributed by atoms with Crippen molar-refractivity contribution >= 4 is 5.78 Å². The van der Waals surface area contributed by atoms with Crippen LogP contribution in [0, 0.1) is 5.92 Å². The zero-order chi connectivity index (χ0) is 11.5. The van der Waals surface area contributed by atoms with E-state index in [1.54, 1.807) is 13.8 Å². The van der Waals surface area contributed by atoms with Gasteiger partial charge in [0.1, 0.15) is 5.78 Å².